The topological polar surface area (TPSA) is 61.4 Å². The number of piperazine rings is 1. The summed E-state index contributed by atoms with van der Waals surface area (Å²) in [6.45, 7) is 1.74. The minimum Gasteiger partial charge on any atom is -0.357 e. The van der Waals surface area contributed by atoms with Gasteiger partial charge in [0.1, 0.15) is 6.04 Å². The Morgan fingerprint density at radius 3 is 2.80 bits per heavy atom. The van der Waals surface area contributed by atoms with E-state index in [2.05, 4.69) is 10.6 Å². The molecule has 1 aliphatic heterocycles. The van der Waals surface area contributed by atoms with Crippen LogP contribution in [0.3, 0.4) is 0 Å². The molecule has 1 aliphatic rings. The Bertz CT molecular complexity index is 499. The van der Waals surface area contributed by atoms with E-state index in [0.29, 0.717) is 19.6 Å². The first-order valence-electron chi connectivity index (χ1n) is 6.68. The van der Waals surface area contributed by atoms with Crippen LogP contribution >= 0.6 is 0 Å². The van der Waals surface area contributed by atoms with Gasteiger partial charge < -0.3 is 15.5 Å². The summed E-state index contributed by atoms with van der Waals surface area (Å²) >= 11 is 0. The molecule has 106 valence electrons. The highest BCUT2D eigenvalue weighted by atomic mass is 16.2. The van der Waals surface area contributed by atoms with Crippen molar-refractivity contribution in [3.8, 4) is 0 Å². The van der Waals surface area contributed by atoms with Crippen LogP contribution < -0.4 is 10.6 Å². The Hall–Kier alpha value is -2.14. The van der Waals surface area contributed by atoms with Gasteiger partial charge in [-0.15, -0.1) is 0 Å². The van der Waals surface area contributed by atoms with E-state index in [1.807, 2.05) is 30.3 Å². The van der Waals surface area contributed by atoms with Crippen LogP contribution in [0.15, 0.2) is 36.4 Å². The largest absolute Gasteiger partial charge is 0.357 e. The Morgan fingerprint density at radius 1 is 1.35 bits per heavy atom. The summed E-state index contributed by atoms with van der Waals surface area (Å²) in [7, 11) is 1.58. The van der Waals surface area contributed by atoms with Gasteiger partial charge in [0.05, 0.1) is 0 Å². The molecule has 1 atom stereocenters. The molecule has 0 radical (unpaired) electrons. The van der Waals surface area contributed by atoms with Gasteiger partial charge in [0, 0.05) is 32.8 Å². The molecular formula is C15H19N3O2. The second-order valence-corrected chi connectivity index (χ2v) is 4.61. The number of likely N-dealkylation sites (N-methyl/N-ethyl adjacent to an activating group) is 1. The molecule has 5 heteroatoms. The van der Waals surface area contributed by atoms with E-state index in [9.17, 15) is 9.59 Å². The zero-order valence-electron chi connectivity index (χ0n) is 11.5. The fourth-order valence-electron chi connectivity index (χ4n) is 2.20. The van der Waals surface area contributed by atoms with Crippen LogP contribution in [0.5, 0.6) is 0 Å². The molecule has 5 nitrogen and oxygen atoms in total. The van der Waals surface area contributed by atoms with Crippen LogP contribution in [0, 0.1) is 0 Å². The van der Waals surface area contributed by atoms with Crippen molar-refractivity contribution < 1.29 is 9.59 Å². The molecule has 0 saturated carbocycles. The highest BCUT2D eigenvalue weighted by Gasteiger charge is 2.30. The lowest BCUT2D eigenvalue weighted by Crippen LogP contribution is -2.58. The standard InChI is InChI=1S/C15H19N3O2/c1-16-15(20)13-11-17-9-10-18(13)14(19)8-7-12-5-3-2-4-6-12/h2-8,13,17H,9-11H2,1H3,(H,16,20). The molecule has 0 bridgehead atoms. The lowest BCUT2D eigenvalue weighted by Gasteiger charge is -2.34. The molecule has 0 aromatic heterocycles. The third kappa shape index (κ3) is 3.45. The maximum atomic E-state index is 12.2. The van der Waals surface area contributed by atoms with Crippen molar-refractivity contribution in [3.05, 3.63) is 42.0 Å². The van der Waals surface area contributed by atoms with E-state index in [1.54, 1.807) is 18.0 Å². The number of benzene rings is 1. The number of carbonyl (C=O) groups excluding carboxylic acids is 2. The van der Waals surface area contributed by atoms with Gasteiger partial charge in [-0.1, -0.05) is 30.3 Å². The molecule has 1 fully saturated rings. The maximum Gasteiger partial charge on any atom is 0.247 e. The molecule has 1 aromatic carbocycles. The van der Waals surface area contributed by atoms with Crippen molar-refractivity contribution in [3.63, 3.8) is 0 Å². The summed E-state index contributed by atoms with van der Waals surface area (Å²) in [6.07, 6.45) is 3.29. The van der Waals surface area contributed by atoms with Gasteiger partial charge in [-0.3, -0.25) is 9.59 Å². The minimum atomic E-state index is -0.443. The lowest BCUT2D eigenvalue weighted by molar-refractivity contribution is -0.137. The van der Waals surface area contributed by atoms with Crippen molar-refractivity contribution in [1.82, 2.24) is 15.5 Å². The third-order valence-electron chi connectivity index (χ3n) is 3.29. The number of hydrogen-bond donors (Lipinski definition) is 2. The molecule has 1 unspecified atom stereocenters. The Kier molecular flexibility index (Phi) is 4.90. The van der Waals surface area contributed by atoms with Crippen LogP contribution in [0.1, 0.15) is 5.56 Å². The summed E-state index contributed by atoms with van der Waals surface area (Å²) in [4.78, 5) is 25.6. The second kappa shape index (κ2) is 6.86. The number of nitrogens with zero attached hydrogens (tertiary/aromatic N) is 1. The van der Waals surface area contributed by atoms with Crippen LogP contribution in [0.4, 0.5) is 0 Å². The van der Waals surface area contributed by atoms with Crippen LogP contribution in [0.2, 0.25) is 0 Å². The predicted octanol–water partition coefficient (Wildman–Crippen LogP) is 0.246. The molecule has 2 rings (SSSR count). The molecule has 2 amide bonds. The number of amides is 2. The SMILES string of the molecule is CNC(=O)C1CNCCN1C(=O)C=Cc1ccccc1. The van der Waals surface area contributed by atoms with Gasteiger partial charge in [0.25, 0.3) is 0 Å². The fraction of sp³-hybridized carbons (Fsp3) is 0.333. The Balaban J connectivity index is 2.06. The highest BCUT2D eigenvalue weighted by Crippen LogP contribution is 2.07. The van der Waals surface area contributed by atoms with Crippen LogP contribution in [0.25, 0.3) is 6.08 Å². The van der Waals surface area contributed by atoms with Crippen LogP contribution in [-0.2, 0) is 9.59 Å². The first kappa shape index (κ1) is 14.3. The maximum absolute atomic E-state index is 12.2. The van der Waals surface area contributed by atoms with Crippen molar-refractivity contribution in [2.45, 2.75) is 6.04 Å². The minimum absolute atomic E-state index is 0.135. The van der Waals surface area contributed by atoms with Gasteiger partial charge in [-0.05, 0) is 11.6 Å². The highest BCUT2D eigenvalue weighted by molar-refractivity contribution is 5.95. The van der Waals surface area contributed by atoms with Gasteiger partial charge in [-0.25, -0.2) is 0 Å². The van der Waals surface area contributed by atoms with Gasteiger partial charge in [0.2, 0.25) is 11.8 Å². The van der Waals surface area contributed by atoms with Crippen molar-refractivity contribution >= 4 is 17.9 Å². The first-order chi connectivity index (χ1) is 9.72. The van der Waals surface area contributed by atoms with Gasteiger partial charge >= 0.3 is 0 Å². The predicted molar refractivity (Wildman–Crippen MR) is 77.9 cm³/mol. The average Bonchev–Trinajstić information content (AvgIpc) is 2.52. The smallest absolute Gasteiger partial charge is 0.247 e. The molecule has 1 aromatic rings. The number of rotatable bonds is 3. The summed E-state index contributed by atoms with van der Waals surface area (Å²) in [6, 6.07) is 9.18. The van der Waals surface area contributed by atoms with E-state index in [1.165, 1.54) is 6.08 Å². The van der Waals surface area contributed by atoms with Gasteiger partial charge in [-0.2, -0.15) is 0 Å². The molecule has 2 N–H and O–H groups in total. The van der Waals surface area contributed by atoms with E-state index in [4.69, 9.17) is 0 Å². The van der Waals surface area contributed by atoms with E-state index < -0.39 is 6.04 Å². The summed E-state index contributed by atoms with van der Waals surface area (Å²) in [5, 5.41) is 5.73. The quantitative estimate of drug-likeness (QED) is 0.776. The first-order valence-corrected chi connectivity index (χ1v) is 6.68. The van der Waals surface area contributed by atoms with Crippen molar-refractivity contribution in [2.75, 3.05) is 26.7 Å². The molecule has 20 heavy (non-hydrogen) atoms. The second-order valence-electron chi connectivity index (χ2n) is 4.61. The van der Waals surface area contributed by atoms with Crippen molar-refractivity contribution in [2.24, 2.45) is 0 Å². The van der Waals surface area contributed by atoms with E-state index >= 15 is 0 Å². The fourth-order valence-corrected chi connectivity index (χ4v) is 2.20. The molecule has 0 aliphatic carbocycles. The zero-order chi connectivity index (χ0) is 14.4. The van der Waals surface area contributed by atoms with E-state index in [-0.39, 0.29) is 11.8 Å². The summed E-state index contributed by atoms with van der Waals surface area (Å²) < 4.78 is 0. The average molecular weight is 273 g/mol. The molecular weight excluding hydrogens is 254 g/mol. The molecule has 1 saturated heterocycles. The van der Waals surface area contributed by atoms with Crippen molar-refractivity contribution in [1.29, 1.82) is 0 Å². The normalized spacial score (nSPS) is 19.1. The summed E-state index contributed by atoms with van der Waals surface area (Å²) in [5.74, 6) is -0.275. The summed E-state index contributed by atoms with van der Waals surface area (Å²) in [5.41, 5.74) is 0.965. The number of nitrogens with one attached hydrogen (secondary N) is 2. The molecule has 0 spiro atoms. The number of carbonyl (C=O) groups is 2. The molecule has 1 heterocycles. The van der Waals surface area contributed by atoms with Gasteiger partial charge in [0.15, 0.2) is 0 Å². The zero-order valence-corrected chi connectivity index (χ0v) is 11.5. The van der Waals surface area contributed by atoms with Crippen LogP contribution in [-0.4, -0.2) is 49.4 Å². The Morgan fingerprint density at radius 2 is 2.10 bits per heavy atom. The van der Waals surface area contributed by atoms with E-state index in [0.717, 1.165) is 5.56 Å². The monoisotopic (exact) mass is 273 g/mol. The Labute approximate surface area is 118 Å². The lowest BCUT2D eigenvalue weighted by atomic mass is 10.1. The third-order valence-corrected chi connectivity index (χ3v) is 3.29. The number of hydrogen-bond acceptors (Lipinski definition) is 3.